The van der Waals surface area contributed by atoms with Crippen LogP contribution in [-0.2, 0) is 17.8 Å². The van der Waals surface area contributed by atoms with Gasteiger partial charge in [0.2, 0.25) is 11.7 Å². The third kappa shape index (κ3) is 3.27. The lowest BCUT2D eigenvalue weighted by Gasteiger charge is -2.14. The van der Waals surface area contributed by atoms with Crippen molar-refractivity contribution in [2.45, 2.75) is 32.2 Å². The van der Waals surface area contributed by atoms with E-state index >= 15 is 0 Å². The first-order valence-electron chi connectivity index (χ1n) is 9.05. The summed E-state index contributed by atoms with van der Waals surface area (Å²) < 4.78 is 7.41. The minimum absolute atomic E-state index is 0.0782. The molecule has 0 spiro atoms. The first-order chi connectivity index (χ1) is 12.7. The number of hydrogen-bond acceptors (Lipinski definition) is 4. The first kappa shape index (κ1) is 16.6. The summed E-state index contributed by atoms with van der Waals surface area (Å²) in [5.74, 6) is 2.38. The van der Waals surface area contributed by atoms with Crippen molar-refractivity contribution in [2.75, 3.05) is 13.1 Å². The Bertz CT molecular complexity index is 871. The number of nitrogens with zero attached hydrogens (tertiary/aromatic N) is 4. The molecule has 0 bridgehead atoms. The zero-order valence-corrected chi connectivity index (χ0v) is 14.8. The van der Waals surface area contributed by atoms with Crippen LogP contribution in [0, 0.1) is 0 Å². The maximum atomic E-state index is 12.2. The molecule has 134 valence electrons. The van der Waals surface area contributed by atoms with E-state index in [4.69, 9.17) is 9.40 Å². The van der Waals surface area contributed by atoms with Gasteiger partial charge >= 0.3 is 0 Å². The van der Waals surface area contributed by atoms with Crippen molar-refractivity contribution >= 4 is 5.91 Å². The zero-order chi connectivity index (χ0) is 17.9. The fourth-order valence-corrected chi connectivity index (χ4v) is 3.46. The van der Waals surface area contributed by atoms with Gasteiger partial charge in [-0.1, -0.05) is 30.3 Å². The highest BCUT2D eigenvalue weighted by molar-refractivity contribution is 5.79. The lowest BCUT2D eigenvalue weighted by molar-refractivity contribution is -0.127. The maximum absolute atomic E-state index is 12.2. The molecule has 1 atom stereocenters. The van der Waals surface area contributed by atoms with E-state index in [0.29, 0.717) is 24.6 Å². The van der Waals surface area contributed by atoms with E-state index in [2.05, 4.69) is 17.2 Å². The van der Waals surface area contributed by atoms with E-state index in [9.17, 15) is 4.79 Å². The number of carbonyl (C=O) groups is 1. The highest BCUT2D eigenvalue weighted by atomic mass is 16.3. The standard InChI is InChI=1S/C20H22N4O2/c1-2-23-14-16(13-18(23)25)20-21-19(17-9-6-12-26-17)22-24(20)11-10-15-7-4-3-5-8-15/h3-9,12,16H,2,10-11,13-14H2,1H3. The number of rotatable bonds is 6. The SMILES string of the molecule is CCN1CC(c2nc(-c3ccco3)nn2CCc2ccccc2)CC1=O. The fourth-order valence-electron chi connectivity index (χ4n) is 3.46. The molecule has 2 aromatic heterocycles. The Labute approximate surface area is 152 Å². The van der Waals surface area contributed by atoms with Crippen molar-refractivity contribution in [3.63, 3.8) is 0 Å². The largest absolute Gasteiger partial charge is 0.461 e. The summed E-state index contributed by atoms with van der Waals surface area (Å²) in [4.78, 5) is 18.8. The lowest BCUT2D eigenvalue weighted by atomic mass is 10.1. The van der Waals surface area contributed by atoms with E-state index in [1.165, 1.54) is 5.56 Å². The maximum Gasteiger partial charge on any atom is 0.223 e. The lowest BCUT2D eigenvalue weighted by Crippen LogP contribution is -2.24. The molecule has 0 saturated carbocycles. The smallest absolute Gasteiger partial charge is 0.223 e. The minimum Gasteiger partial charge on any atom is -0.461 e. The van der Waals surface area contributed by atoms with Crippen LogP contribution < -0.4 is 0 Å². The van der Waals surface area contributed by atoms with Gasteiger partial charge in [0.15, 0.2) is 5.76 Å². The van der Waals surface area contributed by atoms with Crippen LogP contribution >= 0.6 is 0 Å². The molecule has 1 aliphatic rings. The molecule has 0 radical (unpaired) electrons. The van der Waals surface area contributed by atoms with Gasteiger partial charge in [-0.15, -0.1) is 5.10 Å². The summed E-state index contributed by atoms with van der Waals surface area (Å²) in [6.07, 6.45) is 2.99. The van der Waals surface area contributed by atoms with Crippen molar-refractivity contribution in [2.24, 2.45) is 0 Å². The number of carbonyl (C=O) groups excluding carboxylic acids is 1. The number of amides is 1. The van der Waals surface area contributed by atoms with Gasteiger partial charge in [-0.05, 0) is 31.0 Å². The number of aromatic nitrogens is 3. The first-order valence-corrected chi connectivity index (χ1v) is 9.05. The molecule has 6 nitrogen and oxygen atoms in total. The highest BCUT2D eigenvalue weighted by Gasteiger charge is 2.33. The number of likely N-dealkylation sites (tertiary alicyclic amines) is 1. The van der Waals surface area contributed by atoms with Crippen LogP contribution in [0.3, 0.4) is 0 Å². The van der Waals surface area contributed by atoms with Crippen molar-refractivity contribution < 1.29 is 9.21 Å². The number of aryl methyl sites for hydroxylation is 2. The van der Waals surface area contributed by atoms with E-state index in [1.807, 2.05) is 46.8 Å². The van der Waals surface area contributed by atoms with Gasteiger partial charge < -0.3 is 9.32 Å². The molecule has 6 heteroatoms. The van der Waals surface area contributed by atoms with Crippen LogP contribution in [0.5, 0.6) is 0 Å². The number of furan rings is 1. The summed E-state index contributed by atoms with van der Waals surface area (Å²) in [7, 11) is 0. The number of benzene rings is 1. The summed E-state index contributed by atoms with van der Waals surface area (Å²) in [6, 6.07) is 14.0. The van der Waals surface area contributed by atoms with Gasteiger partial charge in [-0.25, -0.2) is 9.67 Å². The Kier molecular flexibility index (Phi) is 4.56. The average Bonchev–Trinajstić information content (AvgIpc) is 3.39. The van der Waals surface area contributed by atoms with Crippen LogP contribution in [0.15, 0.2) is 53.1 Å². The van der Waals surface area contributed by atoms with Crippen LogP contribution in [-0.4, -0.2) is 38.7 Å². The molecule has 26 heavy (non-hydrogen) atoms. The summed E-state index contributed by atoms with van der Waals surface area (Å²) in [6.45, 7) is 4.17. The minimum atomic E-state index is 0.0782. The molecule has 3 aromatic rings. The molecule has 4 rings (SSSR count). The van der Waals surface area contributed by atoms with Crippen LogP contribution in [0.4, 0.5) is 0 Å². The molecule has 1 aliphatic heterocycles. The summed E-state index contributed by atoms with van der Waals surface area (Å²) in [5, 5.41) is 4.67. The van der Waals surface area contributed by atoms with E-state index in [0.717, 1.165) is 25.3 Å². The Morgan fingerprint density at radius 3 is 2.73 bits per heavy atom. The second-order valence-electron chi connectivity index (χ2n) is 6.56. The second-order valence-corrected chi connectivity index (χ2v) is 6.56. The van der Waals surface area contributed by atoms with E-state index in [1.54, 1.807) is 6.26 Å². The van der Waals surface area contributed by atoms with Crippen LogP contribution in [0.2, 0.25) is 0 Å². The monoisotopic (exact) mass is 350 g/mol. The Balaban J connectivity index is 1.61. The molecule has 1 aromatic carbocycles. The van der Waals surface area contributed by atoms with Gasteiger partial charge in [0, 0.05) is 32.0 Å². The van der Waals surface area contributed by atoms with Gasteiger partial charge in [-0.2, -0.15) is 0 Å². The van der Waals surface area contributed by atoms with E-state index < -0.39 is 0 Å². The number of likely N-dealkylation sites (N-methyl/N-ethyl adjacent to an activating group) is 1. The molecule has 1 unspecified atom stereocenters. The van der Waals surface area contributed by atoms with Crippen LogP contribution in [0.25, 0.3) is 11.6 Å². The van der Waals surface area contributed by atoms with Crippen molar-refractivity contribution in [3.8, 4) is 11.6 Å². The third-order valence-corrected chi connectivity index (χ3v) is 4.86. The molecule has 1 fully saturated rings. The van der Waals surface area contributed by atoms with Crippen molar-refractivity contribution in [3.05, 3.63) is 60.1 Å². The fraction of sp³-hybridized carbons (Fsp3) is 0.350. The van der Waals surface area contributed by atoms with E-state index in [-0.39, 0.29) is 11.8 Å². The third-order valence-electron chi connectivity index (χ3n) is 4.86. The van der Waals surface area contributed by atoms with Crippen molar-refractivity contribution in [1.82, 2.24) is 19.7 Å². The molecular weight excluding hydrogens is 328 g/mol. The van der Waals surface area contributed by atoms with Gasteiger partial charge in [0.25, 0.3) is 0 Å². The molecule has 1 saturated heterocycles. The average molecular weight is 350 g/mol. The molecular formula is C20H22N4O2. The summed E-state index contributed by atoms with van der Waals surface area (Å²) in [5.41, 5.74) is 1.26. The quantitative estimate of drug-likeness (QED) is 0.685. The number of hydrogen-bond donors (Lipinski definition) is 0. The zero-order valence-electron chi connectivity index (χ0n) is 14.8. The predicted octanol–water partition coefficient (Wildman–Crippen LogP) is 3.12. The molecule has 0 aliphatic carbocycles. The predicted molar refractivity (Wildman–Crippen MR) is 97.5 cm³/mol. The second kappa shape index (κ2) is 7.15. The Morgan fingerprint density at radius 2 is 2.04 bits per heavy atom. The van der Waals surface area contributed by atoms with Gasteiger partial charge in [0.05, 0.1) is 6.26 Å². The topological polar surface area (TPSA) is 64.2 Å². The Hall–Kier alpha value is -2.89. The van der Waals surface area contributed by atoms with Crippen molar-refractivity contribution in [1.29, 1.82) is 0 Å². The Morgan fingerprint density at radius 1 is 1.19 bits per heavy atom. The molecule has 1 amide bonds. The van der Waals surface area contributed by atoms with Gasteiger partial charge in [0.1, 0.15) is 5.82 Å². The normalized spacial score (nSPS) is 17.2. The summed E-state index contributed by atoms with van der Waals surface area (Å²) >= 11 is 0. The highest BCUT2D eigenvalue weighted by Crippen LogP contribution is 2.29. The van der Waals surface area contributed by atoms with Crippen LogP contribution in [0.1, 0.15) is 30.7 Å². The molecule has 3 heterocycles. The molecule has 0 N–H and O–H groups in total. The van der Waals surface area contributed by atoms with Gasteiger partial charge in [-0.3, -0.25) is 4.79 Å².